The van der Waals surface area contributed by atoms with Crippen LogP contribution in [0.4, 0.5) is 0 Å². The van der Waals surface area contributed by atoms with E-state index in [1.165, 1.54) is 19.3 Å². The molecule has 0 heterocycles. The van der Waals surface area contributed by atoms with E-state index in [9.17, 15) is 0 Å². The predicted octanol–water partition coefficient (Wildman–Crippen LogP) is 1.96. The summed E-state index contributed by atoms with van der Waals surface area (Å²) in [5.41, 5.74) is 6.18. The maximum Gasteiger partial charge on any atom is 0.170 e. The molecule has 0 atom stereocenters. The van der Waals surface area contributed by atoms with Crippen LogP contribution < -0.4 is 10.5 Å². The first-order chi connectivity index (χ1) is 7.79. The van der Waals surface area contributed by atoms with Crippen molar-refractivity contribution in [3.05, 3.63) is 29.8 Å². The molecule has 1 fully saturated rings. The zero-order valence-corrected chi connectivity index (χ0v) is 9.10. The van der Waals surface area contributed by atoms with E-state index < -0.39 is 0 Å². The number of ether oxygens (including phenoxy) is 1. The maximum atomic E-state index is 8.57. The van der Waals surface area contributed by atoms with Gasteiger partial charge in [0.15, 0.2) is 5.84 Å². The van der Waals surface area contributed by atoms with Gasteiger partial charge >= 0.3 is 0 Å². The Hall–Kier alpha value is -1.71. The Balaban J connectivity index is 1.98. The molecule has 1 aromatic carbocycles. The minimum absolute atomic E-state index is 0.106. The second-order valence-corrected chi connectivity index (χ2v) is 4.12. The number of hydrogen-bond acceptors (Lipinski definition) is 3. The van der Waals surface area contributed by atoms with Crippen molar-refractivity contribution in [2.75, 3.05) is 6.61 Å². The van der Waals surface area contributed by atoms with Crippen LogP contribution in [0, 0.1) is 5.92 Å². The van der Waals surface area contributed by atoms with Crippen molar-refractivity contribution in [3.8, 4) is 5.75 Å². The Labute approximate surface area is 94.7 Å². The molecule has 1 aliphatic carbocycles. The van der Waals surface area contributed by atoms with Gasteiger partial charge in [-0.3, -0.25) is 0 Å². The molecule has 16 heavy (non-hydrogen) atoms. The Kier molecular flexibility index (Phi) is 3.29. The van der Waals surface area contributed by atoms with Crippen molar-refractivity contribution in [1.29, 1.82) is 0 Å². The van der Waals surface area contributed by atoms with E-state index in [4.69, 9.17) is 15.7 Å². The van der Waals surface area contributed by atoms with Gasteiger partial charge in [-0.2, -0.15) is 0 Å². The zero-order valence-electron chi connectivity index (χ0n) is 9.10. The molecule has 0 saturated heterocycles. The number of rotatable bonds is 4. The summed E-state index contributed by atoms with van der Waals surface area (Å²) in [6.07, 6.45) is 3.85. The summed E-state index contributed by atoms with van der Waals surface area (Å²) >= 11 is 0. The largest absolute Gasteiger partial charge is 0.493 e. The molecule has 0 aliphatic heterocycles. The normalized spacial score (nSPS) is 16.9. The lowest BCUT2D eigenvalue weighted by Gasteiger charge is -2.25. The van der Waals surface area contributed by atoms with Gasteiger partial charge in [-0.05, 0) is 30.9 Å². The lowest BCUT2D eigenvalue weighted by molar-refractivity contribution is 0.180. The fourth-order valence-electron chi connectivity index (χ4n) is 1.68. The zero-order chi connectivity index (χ0) is 11.4. The summed E-state index contributed by atoms with van der Waals surface area (Å²) in [7, 11) is 0. The van der Waals surface area contributed by atoms with E-state index >= 15 is 0 Å². The minimum Gasteiger partial charge on any atom is -0.493 e. The van der Waals surface area contributed by atoms with Crippen LogP contribution in [0.15, 0.2) is 29.4 Å². The quantitative estimate of drug-likeness (QED) is 0.353. The summed E-state index contributed by atoms with van der Waals surface area (Å²) in [5, 5.41) is 11.5. The third-order valence-corrected chi connectivity index (χ3v) is 2.95. The highest BCUT2D eigenvalue weighted by molar-refractivity contribution is 5.97. The summed E-state index contributed by atoms with van der Waals surface area (Å²) in [5.74, 6) is 1.58. The highest BCUT2D eigenvalue weighted by Gasteiger charge is 2.17. The molecular formula is C12H16N2O2. The summed E-state index contributed by atoms with van der Waals surface area (Å²) in [4.78, 5) is 0. The van der Waals surface area contributed by atoms with Crippen molar-refractivity contribution in [2.24, 2.45) is 16.8 Å². The molecule has 0 amide bonds. The van der Waals surface area contributed by atoms with E-state index in [-0.39, 0.29) is 5.84 Å². The standard InChI is InChI=1S/C12H16N2O2/c13-12(14-15)10-5-2-6-11(7-10)16-8-9-3-1-4-9/h2,5-7,9,15H,1,3-4,8H2,(H2,13,14). The topological polar surface area (TPSA) is 67.8 Å². The molecule has 4 nitrogen and oxygen atoms in total. The third-order valence-electron chi connectivity index (χ3n) is 2.95. The van der Waals surface area contributed by atoms with Gasteiger partial charge in [0.25, 0.3) is 0 Å². The molecule has 0 spiro atoms. The van der Waals surface area contributed by atoms with Crippen molar-refractivity contribution >= 4 is 5.84 Å². The molecule has 86 valence electrons. The van der Waals surface area contributed by atoms with Crippen LogP contribution in [0.5, 0.6) is 5.75 Å². The highest BCUT2D eigenvalue weighted by Crippen LogP contribution is 2.27. The number of oxime groups is 1. The van der Waals surface area contributed by atoms with E-state index in [0.717, 1.165) is 12.4 Å². The molecular weight excluding hydrogens is 204 g/mol. The van der Waals surface area contributed by atoms with Gasteiger partial charge in [0.05, 0.1) is 6.61 Å². The van der Waals surface area contributed by atoms with Crippen LogP contribution in [-0.4, -0.2) is 17.6 Å². The molecule has 3 N–H and O–H groups in total. The molecule has 4 heteroatoms. The third kappa shape index (κ3) is 2.45. The van der Waals surface area contributed by atoms with Gasteiger partial charge < -0.3 is 15.7 Å². The number of amidine groups is 1. The SMILES string of the molecule is NC(=NO)c1cccc(OCC2CCC2)c1. The molecule has 0 unspecified atom stereocenters. The Bertz CT molecular complexity index is 386. The molecule has 0 aromatic heterocycles. The molecule has 1 aromatic rings. The van der Waals surface area contributed by atoms with Crippen LogP contribution in [-0.2, 0) is 0 Å². The van der Waals surface area contributed by atoms with Crippen LogP contribution in [0.1, 0.15) is 24.8 Å². The second-order valence-electron chi connectivity index (χ2n) is 4.12. The highest BCUT2D eigenvalue weighted by atomic mass is 16.5. The number of benzene rings is 1. The van der Waals surface area contributed by atoms with E-state index in [2.05, 4.69) is 5.16 Å². The Morgan fingerprint density at radius 1 is 1.50 bits per heavy atom. The van der Waals surface area contributed by atoms with Crippen molar-refractivity contribution in [2.45, 2.75) is 19.3 Å². The first-order valence-electron chi connectivity index (χ1n) is 5.50. The van der Waals surface area contributed by atoms with Crippen LogP contribution in [0.3, 0.4) is 0 Å². The van der Waals surface area contributed by atoms with Crippen molar-refractivity contribution in [1.82, 2.24) is 0 Å². The molecule has 0 bridgehead atoms. The number of nitrogens with zero attached hydrogens (tertiary/aromatic N) is 1. The van der Waals surface area contributed by atoms with E-state index in [1.807, 2.05) is 12.1 Å². The monoisotopic (exact) mass is 220 g/mol. The van der Waals surface area contributed by atoms with E-state index in [1.54, 1.807) is 12.1 Å². The second kappa shape index (κ2) is 4.88. The summed E-state index contributed by atoms with van der Waals surface area (Å²) in [6, 6.07) is 7.29. The molecule has 2 rings (SSSR count). The first kappa shape index (κ1) is 10.8. The Morgan fingerprint density at radius 2 is 2.31 bits per heavy atom. The molecule has 1 aliphatic rings. The van der Waals surface area contributed by atoms with Crippen LogP contribution >= 0.6 is 0 Å². The molecule has 0 radical (unpaired) electrons. The van der Waals surface area contributed by atoms with Crippen LogP contribution in [0.2, 0.25) is 0 Å². The van der Waals surface area contributed by atoms with Crippen molar-refractivity contribution in [3.63, 3.8) is 0 Å². The van der Waals surface area contributed by atoms with Gasteiger partial charge in [-0.25, -0.2) is 0 Å². The lowest BCUT2D eigenvalue weighted by Crippen LogP contribution is -2.19. The Morgan fingerprint density at radius 3 is 2.94 bits per heavy atom. The average Bonchev–Trinajstić information content (AvgIpc) is 2.26. The average molecular weight is 220 g/mol. The fourth-order valence-corrected chi connectivity index (χ4v) is 1.68. The van der Waals surface area contributed by atoms with Gasteiger partial charge in [-0.1, -0.05) is 23.7 Å². The van der Waals surface area contributed by atoms with Gasteiger partial charge in [0.2, 0.25) is 0 Å². The minimum atomic E-state index is 0.106. The van der Waals surface area contributed by atoms with Gasteiger partial charge in [0, 0.05) is 5.56 Å². The number of nitrogens with two attached hydrogens (primary N) is 1. The van der Waals surface area contributed by atoms with E-state index in [0.29, 0.717) is 11.5 Å². The predicted molar refractivity (Wildman–Crippen MR) is 61.8 cm³/mol. The number of hydrogen-bond donors (Lipinski definition) is 2. The van der Waals surface area contributed by atoms with Gasteiger partial charge in [-0.15, -0.1) is 0 Å². The summed E-state index contributed by atoms with van der Waals surface area (Å²) < 4.78 is 5.65. The van der Waals surface area contributed by atoms with Gasteiger partial charge in [0.1, 0.15) is 5.75 Å². The first-order valence-corrected chi connectivity index (χ1v) is 5.50. The lowest BCUT2D eigenvalue weighted by atomic mass is 9.86. The van der Waals surface area contributed by atoms with Crippen LogP contribution in [0.25, 0.3) is 0 Å². The summed E-state index contributed by atoms with van der Waals surface area (Å²) in [6.45, 7) is 0.764. The molecule has 1 saturated carbocycles. The van der Waals surface area contributed by atoms with Crippen molar-refractivity contribution < 1.29 is 9.94 Å². The fraction of sp³-hybridized carbons (Fsp3) is 0.417. The maximum absolute atomic E-state index is 8.57. The smallest absolute Gasteiger partial charge is 0.170 e.